The van der Waals surface area contributed by atoms with Crippen molar-refractivity contribution in [3.8, 4) is 0 Å². The second-order valence-corrected chi connectivity index (χ2v) is 5.81. The Kier molecular flexibility index (Phi) is 4.62. The Morgan fingerprint density at radius 3 is 2.58 bits per heavy atom. The van der Waals surface area contributed by atoms with Crippen LogP contribution in [0.5, 0.6) is 0 Å². The Hall–Kier alpha value is -2.66. The van der Waals surface area contributed by atoms with Gasteiger partial charge in [-0.3, -0.25) is 4.79 Å². The highest BCUT2D eigenvalue weighted by Crippen LogP contribution is 2.18. The predicted molar refractivity (Wildman–Crippen MR) is 89.9 cm³/mol. The van der Waals surface area contributed by atoms with Gasteiger partial charge in [0, 0.05) is 17.4 Å². The maximum atomic E-state index is 12.8. The molecular formula is C18H14ClN2O3-. The number of benzene rings is 2. The second-order valence-electron chi connectivity index (χ2n) is 5.40. The lowest BCUT2D eigenvalue weighted by Gasteiger charge is -2.13. The minimum atomic E-state index is -1.21. The van der Waals surface area contributed by atoms with Crippen LogP contribution in [0.2, 0.25) is 5.02 Å². The summed E-state index contributed by atoms with van der Waals surface area (Å²) in [6.07, 6.45) is -0.207. The summed E-state index contributed by atoms with van der Waals surface area (Å²) in [7, 11) is 0. The number of aryl methyl sites for hydroxylation is 1. The zero-order chi connectivity index (χ0) is 17.1. The SMILES string of the molecule is O=C([O-])CCc1nc2ccccc2n(Cc2ccccc2Cl)c1=O. The molecule has 1 aromatic heterocycles. The molecule has 1 heterocycles. The fourth-order valence-corrected chi connectivity index (χ4v) is 2.78. The molecular weight excluding hydrogens is 328 g/mol. The molecule has 0 aliphatic heterocycles. The number of carbonyl (C=O) groups is 1. The smallest absolute Gasteiger partial charge is 0.273 e. The molecule has 0 saturated carbocycles. The van der Waals surface area contributed by atoms with Crippen LogP contribution in [0.15, 0.2) is 53.3 Å². The van der Waals surface area contributed by atoms with Gasteiger partial charge in [0.15, 0.2) is 0 Å². The Labute approximate surface area is 143 Å². The molecule has 2 aromatic carbocycles. The van der Waals surface area contributed by atoms with Crippen molar-refractivity contribution in [2.45, 2.75) is 19.4 Å². The number of hydrogen-bond acceptors (Lipinski definition) is 4. The largest absolute Gasteiger partial charge is 0.550 e. The lowest BCUT2D eigenvalue weighted by Crippen LogP contribution is -2.29. The summed E-state index contributed by atoms with van der Waals surface area (Å²) in [5.41, 5.74) is 2.03. The molecule has 0 spiro atoms. The number of aromatic nitrogens is 2. The molecule has 0 aliphatic carbocycles. The van der Waals surface area contributed by atoms with Gasteiger partial charge in [0.2, 0.25) is 0 Å². The van der Waals surface area contributed by atoms with Crippen LogP contribution in [0.4, 0.5) is 0 Å². The number of nitrogens with zero attached hydrogens (tertiary/aromatic N) is 2. The molecule has 5 nitrogen and oxygen atoms in total. The highest BCUT2D eigenvalue weighted by atomic mass is 35.5. The molecule has 0 atom stereocenters. The fraction of sp³-hybridized carbons (Fsp3) is 0.167. The van der Waals surface area contributed by atoms with Crippen LogP contribution in [0.3, 0.4) is 0 Å². The van der Waals surface area contributed by atoms with Crippen LogP contribution >= 0.6 is 11.6 Å². The van der Waals surface area contributed by atoms with Gasteiger partial charge in [-0.25, -0.2) is 4.98 Å². The van der Waals surface area contributed by atoms with Crippen LogP contribution in [0.25, 0.3) is 11.0 Å². The molecule has 24 heavy (non-hydrogen) atoms. The molecule has 6 heteroatoms. The molecule has 3 rings (SSSR count). The predicted octanol–water partition coefficient (Wildman–Crippen LogP) is 1.78. The third-order valence-electron chi connectivity index (χ3n) is 3.77. The van der Waals surface area contributed by atoms with Crippen LogP contribution < -0.4 is 10.7 Å². The van der Waals surface area contributed by atoms with Gasteiger partial charge < -0.3 is 14.5 Å². The molecule has 0 radical (unpaired) electrons. The van der Waals surface area contributed by atoms with Gasteiger partial charge in [0.1, 0.15) is 5.69 Å². The maximum absolute atomic E-state index is 12.8. The number of carboxylic acid groups (broad SMARTS) is 1. The van der Waals surface area contributed by atoms with Gasteiger partial charge in [0.25, 0.3) is 5.56 Å². The third kappa shape index (κ3) is 3.31. The number of hydrogen-bond donors (Lipinski definition) is 0. The van der Waals surface area contributed by atoms with Crippen molar-refractivity contribution in [2.75, 3.05) is 0 Å². The summed E-state index contributed by atoms with van der Waals surface area (Å²) in [6, 6.07) is 14.5. The van der Waals surface area contributed by atoms with Gasteiger partial charge in [-0.2, -0.15) is 0 Å². The summed E-state index contributed by atoms with van der Waals surface area (Å²) in [4.78, 5) is 27.8. The van der Waals surface area contributed by atoms with Crippen molar-refractivity contribution >= 4 is 28.6 Å². The summed E-state index contributed by atoms with van der Waals surface area (Å²) in [5, 5.41) is 11.3. The van der Waals surface area contributed by atoms with Gasteiger partial charge in [0.05, 0.1) is 17.6 Å². The number of carbonyl (C=O) groups excluding carboxylic acids is 1. The minimum Gasteiger partial charge on any atom is -0.550 e. The lowest BCUT2D eigenvalue weighted by molar-refractivity contribution is -0.305. The summed E-state index contributed by atoms with van der Waals surface area (Å²) < 4.78 is 1.58. The molecule has 0 amide bonds. The topological polar surface area (TPSA) is 75.0 Å². The third-order valence-corrected chi connectivity index (χ3v) is 4.14. The zero-order valence-electron chi connectivity index (χ0n) is 12.7. The zero-order valence-corrected chi connectivity index (χ0v) is 13.5. The van der Waals surface area contributed by atoms with E-state index in [-0.39, 0.29) is 24.1 Å². The Morgan fingerprint density at radius 2 is 1.83 bits per heavy atom. The second kappa shape index (κ2) is 6.84. The first-order valence-corrected chi connectivity index (χ1v) is 7.86. The van der Waals surface area contributed by atoms with E-state index in [9.17, 15) is 14.7 Å². The number of fused-ring (bicyclic) bond motifs is 1. The van der Waals surface area contributed by atoms with Crippen molar-refractivity contribution in [3.63, 3.8) is 0 Å². The Bertz CT molecular complexity index is 966. The standard InChI is InChI=1S/C18H15ClN2O3/c19-13-6-2-1-5-12(13)11-21-16-8-4-3-7-14(16)20-15(18(21)24)9-10-17(22)23/h1-8H,9-11H2,(H,22,23)/p-1. The van der Waals surface area contributed by atoms with Crippen molar-refractivity contribution in [1.29, 1.82) is 0 Å². The molecule has 122 valence electrons. The van der Waals surface area contributed by atoms with E-state index in [2.05, 4.69) is 4.98 Å². The van der Waals surface area contributed by atoms with E-state index in [4.69, 9.17) is 11.6 Å². The van der Waals surface area contributed by atoms with Gasteiger partial charge in [-0.15, -0.1) is 0 Å². The molecule has 0 aliphatic rings. The highest BCUT2D eigenvalue weighted by Gasteiger charge is 2.12. The van der Waals surface area contributed by atoms with E-state index in [1.807, 2.05) is 36.4 Å². The van der Waals surface area contributed by atoms with E-state index in [0.29, 0.717) is 22.6 Å². The first-order chi connectivity index (χ1) is 11.6. The number of carboxylic acids is 1. The number of rotatable bonds is 5. The normalized spacial score (nSPS) is 10.9. The van der Waals surface area contributed by atoms with E-state index in [1.165, 1.54) is 0 Å². The number of aliphatic carboxylic acids is 1. The van der Waals surface area contributed by atoms with Crippen LogP contribution in [0.1, 0.15) is 17.7 Å². The van der Waals surface area contributed by atoms with E-state index in [1.54, 1.807) is 16.7 Å². The molecule has 0 unspecified atom stereocenters. The maximum Gasteiger partial charge on any atom is 0.273 e. The quantitative estimate of drug-likeness (QED) is 0.709. The molecule has 0 saturated heterocycles. The molecule has 0 fully saturated rings. The molecule has 0 N–H and O–H groups in total. The van der Waals surface area contributed by atoms with Gasteiger partial charge >= 0.3 is 0 Å². The number of para-hydroxylation sites is 2. The van der Waals surface area contributed by atoms with Gasteiger partial charge in [-0.05, 0) is 30.2 Å². The van der Waals surface area contributed by atoms with E-state index < -0.39 is 5.97 Å². The minimum absolute atomic E-state index is 0.0362. The highest BCUT2D eigenvalue weighted by molar-refractivity contribution is 6.31. The molecule has 3 aromatic rings. The van der Waals surface area contributed by atoms with Crippen molar-refractivity contribution in [2.24, 2.45) is 0 Å². The average Bonchev–Trinajstić information content (AvgIpc) is 2.57. The lowest BCUT2D eigenvalue weighted by atomic mass is 10.2. The van der Waals surface area contributed by atoms with Crippen molar-refractivity contribution in [1.82, 2.24) is 9.55 Å². The Morgan fingerprint density at radius 1 is 1.12 bits per heavy atom. The van der Waals surface area contributed by atoms with E-state index >= 15 is 0 Å². The first-order valence-electron chi connectivity index (χ1n) is 7.48. The summed E-state index contributed by atoms with van der Waals surface area (Å²) in [6.45, 7) is 0.292. The number of halogens is 1. The van der Waals surface area contributed by atoms with Crippen molar-refractivity contribution in [3.05, 3.63) is 75.2 Å². The summed E-state index contributed by atoms with van der Waals surface area (Å²) >= 11 is 6.20. The monoisotopic (exact) mass is 341 g/mol. The molecule has 0 bridgehead atoms. The van der Waals surface area contributed by atoms with Gasteiger partial charge in [-0.1, -0.05) is 41.9 Å². The first kappa shape index (κ1) is 16.2. The van der Waals surface area contributed by atoms with E-state index in [0.717, 1.165) is 5.56 Å². The van der Waals surface area contributed by atoms with Crippen molar-refractivity contribution < 1.29 is 9.90 Å². The average molecular weight is 342 g/mol. The fourth-order valence-electron chi connectivity index (χ4n) is 2.58. The van der Waals surface area contributed by atoms with Crippen LogP contribution in [-0.2, 0) is 17.8 Å². The summed E-state index contributed by atoms with van der Waals surface area (Å²) in [5.74, 6) is -1.21. The Balaban J connectivity index is 2.13. The van der Waals surface area contributed by atoms with Crippen LogP contribution in [-0.4, -0.2) is 15.5 Å². The van der Waals surface area contributed by atoms with Crippen LogP contribution in [0, 0.1) is 0 Å².